The SMILES string of the molecule is F[B]F.c1ccc(Oc2ccccc2)cc1. The largest absolute Gasteiger partial charge is 0.577 e. The molecule has 0 aliphatic carbocycles. The fourth-order valence-corrected chi connectivity index (χ4v) is 1.11. The van der Waals surface area contributed by atoms with Crippen molar-refractivity contribution in [2.75, 3.05) is 0 Å². The van der Waals surface area contributed by atoms with Crippen LogP contribution in [0.5, 0.6) is 11.5 Å². The van der Waals surface area contributed by atoms with Gasteiger partial charge in [-0.1, -0.05) is 36.4 Å². The number of hydrogen-bond donors (Lipinski definition) is 0. The van der Waals surface area contributed by atoms with Gasteiger partial charge in [0.1, 0.15) is 11.5 Å². The highest BCUT2D eigenvalue weighted by molar-refractivity contribution is 6.15. The van der Waals surface area contributed by atoms with Crippen molar-refractivity contribution in [1.29, 1.82) is 0 Å². The van der Waals surface area contributed by atoms with Gasteiger partial charge in [-0.25, -0.2) is 0 Å². The summed E-state index contributed by atoms with van der Waals surface area (Å²) in [5.41, 5.74) is 0. The second-order valence-electron chi connectivity index (χ2n) is 2.81. The Morgan fingerprint density at radius 3 is 1.31 bits per heavy atom. The molecule has 0 heterocycles. The minimum atomic E-state index is -1.00. The number of hydrogen-bond acceptors (Lipinski definition) is 1. The van der Waals surface area contributed by atoms with Gasteiger partial charge in [0.15, 0.2) is 0 Å². The van der Waals surface area contributed by atoms with Gasteiger partial charge >= 0.3 is 7.83 Å². The summed E-state index contributed by atoms with van der Waals surface area (Å²) < 4.78 is 24.6. The molecule has 16 heavy (non-hydrogen) atoms. The van der Waals surface area contributed by atoms with Crippen LogP contribution < -0.4 is 4.74 Å². The first-order chi connectivity index (χ1) is 7.86. The lowest BCUT2D eigenvalue weighted by atomic mass is 10.3. The predicted octanol–water partition coefficient (Wildman–Crippen LogP) is 3.94. The van der Waals surface area contributed by atoms with Gasteiger partial charge in [0.05, 0.1) is 0 Å². The molecule has 0 amide bonds. The van der Waals surface area contributed by atoms with E-state index in [1.807, 2.05) is 60.7 Å². The fraction of sp³-hybridized carbons (Fsp3) is 0. The van der Waals surface area contributed by atoms with Gasteiger partial charge in [0.2, 0.25) is 0 Å². The average Bonchev–Trinajstić information content (AvgIpc) is 2.33. The lowest BCUT2D eigenvalue weighted by molar-refractivity contribution is 0.482. The Balaban J connectivity index is 0.000000386. The molecule has 0 spiro atoms. The van der Waals surface area contributed by atoms with Crippen LogP contribution in [-0.2, 0) is 0 Å². The summed E-state index contributed by atoms with van der Waals surface area (Å²) in [6, 6.07) is 19.5. The molecular formula is C12H10BF2O. The number of rotatable bonds is 2. The van der Waals surface area contributed by atoms with Crippen molar-refractivity contribution in [1.82, 2.24) is 0 Å². The molecule has 0 bridgehead atoms. The van der Waals surface area contributed by atoms with Crippen LogP contribution in [0.1, 0.15) is 0 Å². The third kappa shape index (κ3) is 4.60. The molecule has 0 fully saturated rings. The topological polar surface area (TPSA) is 9.23 Å². The van der Waals surface area contributed by atoms with Crippen LogP contribution in [0.25, 0.3) is 0 Å². The Labute approximate surface area is 94.0 Å². The lowest BCUT2D eigenvalue weighted by Gasteiger charge is -2.03. The molecule has 0 aliphatic rings. The van der Waals surface area contributed by atoms with Crippen LogP contribution in [0.3, 0.4) is 0 Å². The van der Waals surface area contributed by atoms with Crippen LogP contribution >= 0.6 is 0 Å². The molecule has 0 N–H and O–H groups in total. The van der Waals surface area contributed by atoms with Crippen LogP contribution in [0.4, 0.5) is 8.63 Å². The zero-order valence-electron chi connectivity index (χ0n) is 8.52. The minimum absolute atomic E-state index is 0.869. The predicted molar refractivity (Wildman–Crippen MR) is 60.9 cm³/mol. The summed E-state index contributed by atoms with van der Waals surface area (Å²) in [7, 11) is -1.00. The van der Waals surface area contributed by atoms with E-state index in [0.717, 1.165) is 11.5 Å². The molecule has 2 rings (SSSR count). The molecule has 2 aromatic carbocycles. The highest BCUT2D eigenvalue weighted by Gasteiger charge is 1.92. The Bertz CT molecular complexity index is 343. The van der Waals surface area contributed by atoms with Crippen LogP contribution in [0, 0.1) is 0 Å². The second-order valence-corrected chi connectivity index (χ2v) is 2.81. The summed E-state index contributed by atoms with van der Waals surface area (Å²) in [5.74, 6) is 1.74. The standard InChI is InChI=1S/C12H10O.BF2/c1-3-7-11(8-4-1)13-12-9-5-2-6-10-12;2-1-3/h1-10H;. The highest BCUT2D eigenvalue weighted by Crippen LogP contribution is 2.19. The summed E-state index contributed by atoms with van der Waals surface area (Å²) in [6.07, 6.45) is 0. The van der Waals surface area contributed by atoms with Gasteiger partial charge in [-0.15, -0.1) is 0 Å². The lowest BCUT2D eigenvalue weighted by Crippen LogP contribution is -1.81. The van der Waals surface area contributed by atoms with Gasteiger partial charge in [0, 0.05) is 0 Å². The van der Waals surface area contributed by atoms with E-state index in [-0.39, 0.29) is 0 Å². The van der Waals surface area contributed by atoms with E-state index in [1.165, 1.54) is 0 Å². The average molecular weight is 219 g/mol. The first kappa shape index (κ1) is 12.2. The smallest absolute Gasteiger partial charge is 0.457 e. The van der Waals surface area contributed by atoms with E-state index in [1.54, 1.807) is 0 Å². The summed E-state index contributed by atoms with van der Waals surface area (Å²) in [4.78, 5) is 0. The third-order valence-electron chi connectivity index (χ3n) is 1.72. The summed E-state index contributed by atoms with van der Waals surface area (Å²) in [5, 5.41) is 0. The Morgan fingerprint density at radius 1 is 0.688 bits per heavy atom. The van der Waals surface area contributed by atoms with Crippen molar-refractivity contribution in [2.45, 2.75) is 0 Å². The Kier molecular flexibility index (Phi) is 5.70. The molecule has 0 atom stereocenters. The first-order valence-corrected chi connectivity index (χ1v) is 4.67. The third-order valence-corrected chi connectivity index (χ3v) is 1.72. The van der Waals surface area contributed by atoms with E-state index in [0.29, 0.717) is 0 Å². The molecule has 0 aromatic heterocycles. The normalized spacial score (nSPS) is 8.62. The molecule has 2 aromatic rings. The fourth-order valence-electron chi connectivity index (χ4n) is 1.11. The molecule has 0 unspecified atom stereocenters. The molecule has 1 radical (unpaired) electrons. The van der Waals surface area contributed by atoms with Gasteiger partial charge in [-0.05, 0) is 24.3 Å². The maximum absolute atomic E-state index is 9.50. The van der Waals surface area contributed by atoms with E-state index < -0.39 is 7.83 Å². The number of ether oxygens (including phenoxy) is 1. The molecule has 0 aliphatic heterocycles. The van der Waals surface area contributed by atoms with Crippen molar-refractivity contribution in [3.05, 3.63) is 60.7 Å². The molecule has 0 saturated heterocycles. The molecular weight excluding hydrogens is 209 g/mol. The molecule has 0 saturated carbocycles. The molecule has 4 heteroatoms. The number of para-hydroxylation sites is 2. The van der Waals surface area contributed by atoms with Gasteiger partial charge < -0.3 is 4.74 Å². The molecule has 1 nitrogen and oxygen atoms in total. The number of benzene rings is 2. The van der Waals surface area contributed by atoms with E-state index in [4.69, 9.17) is 4.74 Å². The van der Waals surface area contributed by atoms with E-state index in [2.05, 4.69) is 0 Å². The van der Waals surface area contributed by atoms with E-state index >= 15 is 0 Å². The van der Waals surface area contributed by atoms with Gasteiger partial charge in [-0.2, -0.15) is 0 Å². The van der Waals surface area contributed by atoms with Crippen LogP contribution in [0.15, 0.2) is 60.7 Å². The van der Waals surface area contributed by atoms with E-state index in [9.17, 15) is 8.63 Å². The monoisotopic (exact) mass is 219 g/mol. The maximum atomic E-state index is 9.50. The van der Waals surface area contributed by atoms with Crippen molar-refractivity contribution < 1.29 is 13.4 Å². The molecule has 81 valence electrons. The highest BCUT2D eigenvalue weighted by atomic mass is 19.2. The van der Waals surface area contributed by atoms with Crippen molar-refractivity contribution in [3.63, 3.8) is 0 Å². The van der Waals surface area contributed by atoms with Crippen LogP contribution in [-0.4, -0.2) is 7.83 Å². The first-order valence-electron chi connectivity index (χ1n) is 4.67. The zero-order chi connectivity index (χ0) is 11.6. The summed E-state index contributed by atoms with van der Waals surface area (Å²) in [6.45, 7) is 0. The zero-order valence-corrected chi connectivity index (χ0v) is 8.52. The van der Waals surface area contributed by atoms with Gasteiger partial charge in [0.25, 0.3) is 0 Å². The Hall–Kier alpha value is -1.84. The van der Waals surface area contributed by atoms with Crippen LogP contribution in [0.2, 0.25) is 0 Å². The van der Waals surface area contributed by atoms with Crippen molar-refractivity contribution in [2.24, 2.45) is 0 Å². The maximum Gasteiger partial charge on any atom is 0.577 e. The quantitative estimate of drug-likeness (QED) is 0.695. The number of halogens is 2. The van der Waals surface area contributed by atoms with Crippen molar-refractivity contribution >= 4 is 7.83 Å². The Morgan fingerprint density at radius 2 is 1.00 bits per heavy atom. The minimum Gasteiger partial charge on any atom is -0.457 e. The van der Waals surface area contributed by atoms with Crippen molar-refractivity contribution in [3.8, 4) is 11.5 Å². The second kappa shape index (κ2) is 7.46. The summed E-state index contributed by atoms with van der Waals surface area (Å²) >= 11 is 0. The van der Waals surface area contributed by atoms with Gasteiger partial charge in [-0.3, -0.25) is 8.63 Å².